The average Bonchev–Trinajstić information content (AvgIpc) is 2.27. The van der Waals surface area contributed by atoms with Gasteiger partial charge in [0.25, 0.3) is 0 Å². The molecular weight excluding hydrogens is 125 g/mol. The van der Waals surface area contributed by atoms with Crippen LogP contribution in [0.5, 0.6) is 0 Å². The van der Waals surface area contributed by atoms with Gasteiger partial charge in [-0.05, 0) is 12.1 Å². The Morgan fingerprint density at radius 1 is 1.40 bits per heavy atom. The van der Waals surface area contributed by atoms with Gasteiger partial charge in [0.1, 0.15) is 0 Å². The normalized spacial score (nSPS) is 10.4. The van der Waals surface area contributed by atoms with Gasteiger partial charge in [0.2, 0.25) is 0 Å². The molecule has 0 amide bonds. The minimum absolute atomic E-state index is 0.311. The van der Waals surface area contributed by atoms with Crippen LogP contribution in [0.15, 0.2) is 24.4 Å². The van der Waals surface area contributed by atoms with E-state index in [1.165, 1.54) is 0 Å². The Hall–Kier alpha value is -1.32. The molecule has 0 atom stereocenters. The van der Waals surface area contributed by atoms with Crippen LogP contribution in [-0.4, -0.2) is 22.4 Å². The number of aromatic nitrogens is 3. The number of nitrogens with zero attached hydrogens (tertiary/aromatic N) is 3. The van der Waals surface area contributed by atoms with E-state index in [1.54, 1.807) is 10.7 Å². The van der Waals surface area contributed by atoms with Crippen molar-refractivity contribution in [3.63, 3.8) is 0 Å². The van der Waals surface area contributed by atoms with Crippen molar-refractivity contribution < 1.29 is 0 Å². The SMILES string of the molecule is [B]c1nc2ccccn2n1. The Morgan fingerprint density at radius 3 is 3.10 bits per heavy atom. The Morgan fingerprint density at radius 2 is 2.30 bits per heavy atom. The zero-order chi connectivity index (χ0) is 6.97. The summed E-state index contributed by atoms with van der Waals surface area (Å²) in [6.45, 7) is 0. The monoisotopic (exact) mass is 129 g/mol. The van der Waals surface area contributed by atoms with Gasteiger partial charge in [-0.3, -0.25) is 0 Å². The standard InChI is InChI=1S/C6H4BN3/c7-6-8-5-3-1-2-4-10(5)9-6/h1-4H. The van der Waals surface area contributed by atoms with Crippen molar-refractivity contribution in [3.05, 3.63) is 24.4 Å². The maximum Gasteiger partial charge on any atom is 0.173 e. The molecule has 0 aromatic carbocycles. The highest BCUT2D eigenvalue weighted by Gasteiger charge is 1.93. The molecule has 0 aliphatic carbocycles. The number of fused-ring (bicyclic) bond motifs is 1. The first kappa shape index (κ1) is 5.47. The third kappa shape index (κ3) is 0.691. The molecule has 2 aromatic heterocycles. The first-order chi connectivity index (χ1) is 4.86. The van der Waals surface area contributed by atoms with Crippen LogP contribution >= 0.6 is 0 Å². The molecule has 0 saturated heterocycles. The van der Waals surface area contributed by atoms with E-state index in [-0.39, 0.29) is 0 Å². The predicted molar refractivity (Wildman–Crippen MR) is 38.4 cm³/mol. The lowest BCUT2D eigenvalue weighted by Crippen LogP contribution is -2.06. The van der Waals surface area contributed by atoms with Gasteiger partial charge >= 0.3 is 0 Å². The van der Waals surface area contributed by atoms with Gasteiger partial charge in [0, 0.05) is 6.20 Å². The molecule has 2 aromatic rings. The summed E-state index contributed by atoms with van der Waals surface area (Å²) in [4.78, 5) is 3.94. The highest BCUT2D eigenvalue weighted by molar-refractivity contribution is 6.29. The molecule has 0 unspecified atom stereocenters. The zero-order valence-corrected chi connectivity index (χ0v) is 5.23. The van der Waals surface area contributed by atoms with Crippen LogP contribution in [0.3, 0.4) is 0 Å². The van der Waals surface area contributed by atoms with E-state index >= 15 is 0 Å². The average molecular weight is 129 g/mol. The second-order valence-corrected chi connectivity index (χ2v) is 1.97. The zero-order valence-electron chi connectivity index (χ0n) is 5.23. The molecule has 2 rings (SSSR count). The van der Waals surface area contributed by atoms with Crippen molar-refractivity contribution >= 4 is 19.2 Å². The molecule has 2 heterocycles. The Balaban J connectivity index is 2.88. The van der Waals surface area contributed by atoms with Gasteiger partial charge in [-0.1, -0.05) is 6.07 Å². The fourth-order valence-electron chi connectivity index (χ4n) is 0.849. The maximum absolute atomic E-state index is 5.35. The van der Waals surface area contributed by atoms with Crippen molar-refractivity contribution in [2.24, 2.45) is 0 Å². The number of hydrogen-bond donors (Lipinski definition) is 0. The molecule has 0 aliphatic heterocycles. The molecular formula is C6H4BN3. The maximum atomic E-state index is 5.35. The molecule has 4 heteroatoms. The van der Waals surface area contributed by atoms with Crippen LogP contribution < -0.4 is 5.72 Å². The molecule has 3 nitrogen and oxygen atoms in total. The third-order valence-corrected chi connectivity index (χ3v) is 1.26. The van der Waals surface area contributed by atoms with E-state index in [0.717, 1.165) is 5.65 Å². The number of rotatable bonds is 0. The summed E-state index contributed by atoms with van der Waals surface area (Å²) in [5, 5.41) is 3.90. The Kier molecular flexibility index (Phi) is 1.00. The lowest BCUT2D eigenvalue weighted by molar-refractivity contribution is 0.976. The highest BCUT2D eigenvalue weighted by atomic mass is 15.3. The molecule has 0 spiro atoms. The van der Waals surface area contributed by atoms with Crippen molar-refractivity contribution in [2.75, 3.05) is 0 Å². The second-order valence-electron chi connectivity index (χ2n) is 1.97. The summed E-state index contributed by atoms with van der Waals surface area (Å²) in [6, 6.07) is 5.62. The van der Waals surface area contributed by atoms with Crippen LogP contribution in [0.25, 0.3) is 5.65 Å². The largest absolute Gasteiger partial charge is 0.224 e. The van der Waals surface area contributed by atoms with E-state index < -0.39 is 0 Å². The third-order valence-electron chi connectivity index (χ3n) is 1.26. The van der Waals surface area contributed by atoms with Crippen LogP contribution in [-0.2, 0) is 0 Å². The van der Waals surface area contributed by atoms with Gasteiger partial charge in [-0.2, -0.15) is 5.10 Å². The fraction of sp³-hybridized carbons (Fsp3) is 0. The van der Waals surface area contributed by atoms with E-state index in [1.807, 2.05) is 18.2 Å². The van der Waals surface area contributed by atoms with Crippen molar-refractivity contribution in [1.82, 2.24) is 14.6 Å². The fourth-order valence-corrected chi connectivity index (χ4v) is 0.849. The molecule has 2 radical (unpaired) electrons. The Labute approximate surface area is 59.1 Å². The molecule has 0 N–H and O–H groups in total. The van der Waals surface area contributed by atoms with Crippen molar-refractivity contribution in [2.45, 2.75) is 0 Å². The van der Waals surface area contributed by atoms with Crippen LogP contribution in [0.4, 0.5) is 0 Å². The van der Waals surface area contributed by atoms with Gasteiger partial charge in [0.15, 0.2) is 13.5 Å². The Bertz CT molecular complexity index is 322. The topological polar surface area (TPSA) is 30.2 Å². The number of pyridine rings is 1. The van der Waals surface area contributed by atoms with Gasteiger partial charge in [0.05, 0.1) is 5.72 Å². The van der Waals surface area contributed by atoms with E-state index in [4.69, 9.17) is 7.85 Å². The van der Waals surface area contributed by atoms with Crippen LogP contribution in [0.2, 0.25) is 0 Å². The summed E-state index contributed by atoms with van der Waals surface area (Å²) >= 11 is 0. The van der Waals surface area contributed by atoms with Crippen molar-refractivity contribution in [1.29, 1.82) is 0 Å². The summed E-state index contributed by atoms with van der Waals surface area (Å²) in [6.07, 6.45) is 1.80. The van der Waals surface area contributed by atoms with Gasteiger partial charge in [-0.25, -0.2) is 9.50 Å². The second kappa shape index (κ2) is 1.83. The lowest BCUT2D eigenvalue weighted by atomic mass is 10.1. The van der Waals surface area contributed by atoms with Crippen LogP contribution in [0, 0.1) is 0 Å². The van der Waals surface area contributed by atoms with Gasteiger partial charge in [-0.15, -0.1) is 0 Å². The molecule has 10 heavy (non-hydrogen) atoms. The van der Waals surface area contributed by atoms with E-state index in [0.29, 0.717) is 5.72 Å². The molecule has 46 valence electrons. The summed E-state index contributed by atoms with van der Waals surface area (Å²) in [5.74, 6) is 0. The quantitative estimate of drug-likeness (QED) is 0.450. The molecule has 0 saturated carbocycles. The number of hydrogen-bond acceptors (Lipinski definition) is 2. The minimum atomic E-state index is 0.311. The molecule has 0 fully saturated rings. The van der Waals surface area contributed by atoms with E-state index in [9.17, 15) is 0 Å². The highest BCUT2D eigenvalue weighted by Crippen LogP contribution is 1.92. The van der Waals surface area contributed by atoms with E-state index in [2.05, 4.69) is 10.1 Å². The van der Waals surface area contributed by atoms with Crippen molar-refractivity contribution in [3.8, 4) is 0 Å². The molecule has 0 bridgehead atoms. The summed E-state index contributed by atoms with van der Waals surface area (Å²) < 4.78 is 1.63. The smallest absolute Gasteiger partial charge is 0.173 e. The van der Waals surface area contributed by atoms with Crippen LogP contribution in [0.1, 0.15) is 0 Å². The first-order valence-corrected chi connectivity index (χ1v) is 2.93. The summed E-state index contributed by atoms with van der Waals surface area (Å²) in [5.41, 5.74) is 1.09. The first-order valence-electron chi connectivity index (χ1n) is 2.93. The summed E-state index contributed by atoms with van der Waals surface area (Å²) in [7, 11) is 5.35. The lowest BCUT2D eigenvalue weighted by Gasteiger charge is -1.84. The minimum Gasteiger partial charge on any atom is -0.224 e. The predicted octanol–water partition coefficient (Wildman–Crippen LogP) is -0.477. The molecule has 0 aliphatic rings. The van der Waals surface area contributed by atoms with Gasteiger partial charge < -0.3 is 0 Å².